The van der Waals surface area contributed by atoms with Gasteiger partial charge in [0.1, 0.15) is 17.1 Å². The minimum Gasteiger partial charge on any atom is -0.491 e. The van der Waals surface area contributed by atoms with Crippen LogP contribution in [0.15, 0.2) is 65.5 Å². The molecule has 0 saturated carbocycles. The number of aryl methyl sites for hydroxylation is 2. The van der Waals surface area contributed by atoms with Crippen molar-refractivity contribution in [1.82, 2.24) is 24.7 Å². The van der Waals surface area contributed by atoms with E-state index in [1.54, 1.807) is 19.3 Å². The Morgan fingerprint density at radius 2 is 2.08 bits per heavy atom. The summed E-state index contributed by atoms with van der Waals surface area (Å²) in [5.41, 5.74) is 2.38. The van der Waals surface area contributed by atoms with Gasteiger partial charge in [0.25, 0.3) is 5.91 Å². The lowest BCUT2D eigenvalue weighted by atomic mass is 10.1. The van der Waals surface area contributed by atoms with Crippen LogP contribution in [-0.4, -0.2) is 37.2 Å². The van der Waals surface area contributed by atoms with E-state index in [2.05, 4.69) is 37.7 Å². The molecule has 2 aromatic carbocycles. The Morgan fingerprint density at radius 1 is 1.19 bits per heavy atom. The van der Waals surface area contributed by atoms with Gasteiger partial charge >= 0.3 is 0 Å². The van der Waals surface area contributed by atoms with E-state index >= 15 is 0 Å². The molecule has 5 aromatic rings. The second-order valence-corrected chi connectivity index (χ2v) is 8.17. The Hall–Kier alpha value is -4.73. The number of nitrogens with zero attached hydrogens (tertiary/aromatic N) is 5. The maximum absolute atomic E-state index is 12.6. The van der Waals surface area contributed by atoms with Gasteiger partial charge in [-0.2, -0.15) is 4.98 Å². The minimum atomic E-state index is -0.333. The number of carbonyl (C=O) groups is 1. The van der Waals surface area contributed by atoms with Crippen LogP contribution in [0.2, 0.25) is 0 Å². The molecule has 3 aromatic heterocycles. The molecule has 10 heteroatoms. The van der Waals surface area contributed by atoms with Crippen molar-refractivity contribution in [3.8, 4) is 17.1 Å². The number of rotatable bonds is 8. The lowest BCUT2D eigenvalue weighted by molar-refractivity contribution is -0.112. The molecular weight excluding hydrogens is 458 g/mol. The molecule has 2 N–H and O–H groups in total. The third-order valence-electron chi connectivity index (χ3n) is 5.56. The van der Waals surface area contributed by atoms with Gasteiger partial charge in [-0.25, -0.2) is 9.97 Å². The highest BCUT2D eigenvalue weighted by molar-refractivity contribution is 6.00. The van der Waals surface area contributed by atoms with Crippen LogP contribution in [0.4, 0.5) is 11.8 Å². The molecule has 0 atom stereocenters. The molecule has 0 radical (unpaired) electrons. The fourth-order valence-corrected chi connectivity index (χ4v) is 3.86. The fraction of sp³-hybridized carbons (Fsp3) is 0.192. The van der Waals surface area contributed by atoms with Crippen molar-refractivity contribution in [3.63, 3.8) is 0 Å². The normalized spacial score (nSPS) is 11.4. The summed E-state index contributed by atoms with van der Waals surface area (Å²) in [6, 6.07) is 13.4. The molecule has 0 aliphatic rings. The SMILES string of the molecule is CCCOc1cccc2nc(NC(=O)C=CNc3nccc4ccc(-c5noc(C)n5)cc34)n(C)c12. The molecule has 182 valence electrons. The lowest BCUT2D eigenvalue weighted by Crippen LogP contribution is -2.12. The van der Waals surface area contributed by atoms with Gasteiger partial charge in [-0.05, 0) is 36.1 Å². The number of hydrogen-bond donors (Lipinski definition) is 2. The predicted molar refractivity (Wildman–Crippen MR) is 138 cm³/mol. The van der Waals surface area contributed by atoms with Crippen molar-refractivity contribution < 1.29 is 14.1 Å². The van der Waals surface area contributed by atoms with Gasteiger partial charge in [0.05, 0.1) is 12.1 Å². The van der Waals surface area contributed by atoms with Gasteiger partial charge in [-0.15, -0.1) is 0 Å². The summed E-state index contributed by atoms with van der Waals surface area (Å²) in [6.07, 6.45) is 5.54. The molecule has 0 aliphatic carbocycles. The Balaban J connectivity index is 1.33. The van der Waals surface area contributed by atoms with E-state index in [0.29, 0.717) is 30.1 Å². The largest absolute Gasteiger partial charge is 0.491 e. The second-order valence-electron chi connectivity index (χ2n) is 8.17. The quantitative estimate of drug-likeness (QED) is 0.301. The average molecular weight is 484 g/mol. The number of imidazole rings is 1. The number of nitrogens with one attached hydrogen (secondary N) is 2. The maximum atomic E-state index is 12.6. The number of aromatic nitrogens is 5. The Bertz CT molecular complexity index is 1590. The lowest BCUT2D eigenvalue weighted by Gasteiger charge is -2.08. The van der Waals surface area contributed by atoms with Gasteiger partial charge in [0.15, 0.2) is 0 Å². The molecular formula is C26H25N7O3. The number of para-hydroxylation sites is 1. The summed E-state index contributed by atoms with van der Waals surface area (Å²) >= 11 is 0. The van der Waals surface area contributed by atoms with E-state index in [1.165, 1.54) is 6.08 Å². The van der Waals surface area contributed by atoms with E-state index in [4.69, 9.17) is 9.26 Å². The van der Waals surface area contributed by atoms with Crippen LogP contribution in [0, 0.1) is 6.92 Å². The summed E-state index contributed by atoms with van der Waals surface area (Å²) in [7, 11) is 1.84. The molecule has 0 aliphatic heterocycles. The number of anilines is 2. The van der Waals surface area contributed by atoms with Crippen LogP contribution in [0.1, 0.15) is 19.2 Å². The van der Waals surface area contributed by atoms with Gasteiger partial charge in [0, 0.05) is 43.4 Å². The summed E-state index contributed by atoms with van der Waals surface area (Å²) < 4.78 is 12.7. The Labute approximate surface area is 207 Å². The first-order valence-corrected chi connectivity index (χ1v) is 11.5. The van der Waals surface area contributed by atoms with E-state index < -0.39 is 0 Å². The van der Waals surface area contributed by atoms with E-state index in [-0.39, 0.29) is 5.91 Å². The number of carbonyl (C=O) groups excluding carboxylic acids is 1. The molecule has 10 nitrogen and oxygen atoms in total. The zero-order chi connectivity index (χ0) is 25.1. The molecule has 0 unspecified atom stereocenters. The third kappa shape index (κ3) is 4.61. The fourth-order valence-electron chi connectivity index (χ4n) is 3.86. The topological polar surface area (TPSA) is 120 Å². The first-order valence-electron chi connectivity index (χ1n) is 11.5. The molecule has 0 fully saturated rings. The van der Waals surface area contributed by atoms with Crippen molar-refractivity contribution in [1.29, 1.82) is 0 Å². The number of benzene rings is 2. The van der Waals surface area contributed by atoms with E-state index in [1.807, 2.05) is 54.1 Å². The number of amides is 1. The molecule has 0 saturated heterocycles. The zero-order valence-electron chi connectivity index (χ0n) is 20.1. The smallest absolute Gasteiger partial charge is 0.252 e. The number of pyridine rings is 1. The molecule has 0 bridgehead atoms. The Kier molecular flexibility index (Phi) is 6.31. The molecule has 3 heterocycles. The maximum Gasteiger partial charge on any atom is 0.252 e. The van der Waals surface area contributed by atoms with Crippen LogP contribution in [-0.2, 0) is 11.8 Å². The van der Waals surface area contributed by atoms with E-state index in [9.17, 15) is 4.79 Å². The first-order chi connectivity index (χ1) is 17.5. The molecule has 0 spiro atoms. The van der Waals surface area contributed by atoms with Crippen LogP contribution < -0.4 is 15.4 Å². The van der Waals surface area contributed by atoms with Crippen LogP contribution >= 0.6 is 0 Å². The van der Waals surface area contributed by atoms with Crippen molar-refractivity contribution in [2.24, 2.45) is 7.05 Å². The Morgan fingerprint density at radius 3 is 2.89 bits per heavy atom. The van der Waals surface area contributed by atoms with Crippen LogP contribution in [0.25, 0.3) is 33.2 Å². The van der Waals surface area contributed by atoms with Crippen molar-refractivity contribution in [3.05, 3.63) is 66.8 Å². The van der Waals surface area contributed by atoms with Crippen LogP contribution in [0.5, 0.6) is 5.75 Å². The minimum absolute atomic E-state index is 0.333. The standard InChI is InChI=1S/C26H25N7O3/c1-4-14-35-21-7-5-6-20-23(21)33(3)26(30-20)31-22(34)11-13-28-25-19-15-18(24-29-16(2)36-32-24)9-8-17(19)10-12-27-25/h5-13,15H,4,14H2,1-3H3,(H,27,28)(H,30,31,34). The highest BCUT2D eigenvalue weighted by atomic mass is 16.5. The zero-order valence-corrected chi connectivity index (χ0v) is 20.1. The van der Waals surface area contributed by atoms with Gasteiger partial charge in [-0.1, -0.05) is 30.3 Å². The molecule has 36 heavy (non-hydrogen) atoms. The third-order valence-corrected chi connectivity index (χ3v) is 5.56. The summed E-state index contributed by atoms with van der Waals surface area (Å²) in [5.74, 6) is 2.42. The number of hydrogen-bond acceptors (Lipinski definition) is 8. The van der Waals surface area contributed by atoms with Gasteiger partial charge in [-0.3, -0.25) is 10.1 Å². The first kappa shape index (κ1) is 23.0. The highest BCUT2D eigenvalue weighted by Crippen LogP contribution is 2.28. The van der Waals surface area contributed by atoms with Gasteiger partial charge in [0.2, 0.25) is 17.7 Å². The highest BCUT2D eigenvalue weighted by Gasteiger charge is 2.14. The number of ether oxygens (including phenoxy) is 1. The van der Waals surface area contributed by atoms with Crippen molar-refractivity contribution in [2.45, 2.75) is 20.3 Å². The van der Waals surface area contributed by atoms with Crippen molar-refractivity contribution >= 4 is 39.5 Å². The summed E-state index contributed by atoms with van der Waals surface area (Å²) in [4.78, 5) is 25.9. The monoisotopic (exact) mass is 483 g/mol. The van der Waals surface area contributed by atoms with E-state index in [0.717, 1.165) is 39.5 Å². The average Bonchev–Trinajstić information content (AvgIpc) is 3.46. The van der Waals surface area contributed by atoms with Crippen LogP contribution in [0.3, 0.4) is 0 Å². The van der Waals surface area contributed by atoms with Gasteiger partial charge < -0.3 is 19.1 Å². The van der Waals surface area contributed by atoms with Crippen molar-refractivity contribution in [2.75, 3.05) is 17.2 Å². The predicted octanol–water partition coefficient (Wildman–Crippen LogP) is 4.83. The number of fused-ring (bicyclic) bond motifs is 2. The summed E-state index contributed by atoms with van der Waals surface area (Å²) in [5, 5.41) is 11.7. The molecule has 1 amide bonds. The second kappa shape index (κ2) is 9.87. The molecule has 5 rings (SSSR count). The summed E-state index contributed by atoms with van der Waals surface area (Å²) in [6.45, 7) is 4.41.